The van der Waals surface area contributed by atoms with Gasteiger partial charge in [-0.25, -0.2) is 0 Å². The number of rotatable bonds is 6. The van der Waals surface area contributed by atoms with Crippen LogP contribution in [-0.2, 0) is 16.1 Å². The number of aryl methyl sites for hydroxylation is 1. The molecule has 26 heavy (non-hydrogen) atoms. The number of aromatic amines is 1. The van der Waals surface area contributed by atoms with Crippen molar-refractivity contribution >= 4 is 16.8 Å². The molecular weight excluding hydrogens is 328 g/mol. The highest BCUT2D eigenvalue weighted by atomic mass is 16.5. The third-order valence-electron chi connectivity index (χ3n) is 4.82. The number of fused-ring (bicyclic) bond motifs is 1. The first kappa shape index (κ1) is 18.6. The third-order valence-corrected chi connectivity index (χ3v) is 4.82. The second-order valence-electron chi connectivity index (χ2n) is 7.72. The summed E-state index contributed by atoms with van der Waals surface area (Å²) in [5.74, 6) is 0.367. The van der Waals surface area contributed by atoms with Crippen LogP contribution in [0.2, 0.25) is 0 Å². The third kappa shape index (κ3) is 4.52. The Balaban J connectivity index is 1.85. The first-order valence-corrected chi connectivity index (χ1v) is 9.44. The predicted molar refractivity (Wildman–Crippen MR) is 103 cm³/mol. The van der Waals surface area contributed by atoms with E-state index >= 15 is 0 Å². The Morgan fingerprint density at radius 3 is 2.85 bits per heavy atom. The molecule has 140 valence electrons. The smallest absolute Gasteiger partial charge is 0.253 e. The van der Waals surface area contributed by atoms with Crippen molar-refractivity contribution in [2.75, 3.05) is 13.2 Å². The minimum Gasteiger partial charge on any atom is -0.376 e. The molecular formula is C21H28N2O3. The number of hydrogen-bond donors (Lipinski definition) is 1. The molecule has 1 saturated heterocycles. The lowest BCUT2D eigenvalue weighted by atomic mass is 10.1. The summed E-state index contributed by atoms with van der Waals surface area (Å²) in [5.41, 5.74) is 2.43. The molecule has 0 saturated carbocycles. The van der Waals surface area contributed by atoms with Crippen LogP contribution in [0, 0.1) is 12.8 Å². The zero-order valence-corrected chi connectivity index (χ0v) is 15.9. The Morgan fingerprint density at radius 1 is 1.35 bits per heavy atom. The molecule has 2 heterocycles. The van der Waals surface area contributed by atoms with Crippen molar-refractivity contribution in [3.8, 4) is 0 Å². The monoisotopic (exact) mass is 356 g/mol. The van der Waals surface area contributed by atoms with Gasteiger partial charge < -0.3 is 14.6 Å². The van der Waals surface area contributed by atoms with Crippen molar-refractivity contribution in [1.29, 1.82) is 0 Å². The predicted octanol–water partition coefficient (Wildman–Crippen LogP) is 3.39. The molecule has 1 atom stereocenters. The van der Waals surface area contributed by atoms with Gasteiger partial charge in [0.15, 0.2) is 0 Å². The maximum Gasteiger partial charge on any atom is 0.253 e. The maximum atomic E-state index is 12.7. The zero-order valence-electron chi connectivity index (χ0n) is 15.9. The van der Waals surface area contributed by atoms with E-state index in [1.54, 1.807) is 4.90 Å². The van der Waals surface area contributed by atoms with Crippen LogP contribution in [0.25, 0.3) is 10.9 Å². The Labute approximate surface area is 154 Å². The molecule has 1 amide bonds. The van der Waals surface area contributed by atoms with Gasteiger partial charge in [0.2, 0.25) is 5.91 Å². The Kier molecular flexibility index (Phi) is 5.77. The number of carbonyl (C=O) groups excluding carboxylic acids is 1. The van der Waals surface area contributed by atoms with Gasteiger partial charge >= 0.3 is 0 Å². The van der Waals surface area contributed by atoms with E-state index in [2.05, 4.69) is 4.98 Å². The van der Waals surface area contributed by atoms with Crippen molar-refractivity contribution in [2.24, 2.45) is 5.92 Å². The number of aromatic nitrogens is 1. The normalized spacial score (nSPS) is 17.2. The number of hydrogen-bond acceptors (Lipinski definition) is 3. The van der Waals surface area contributed by atoms with Crippen LogP contribution < -0.4 is 5.56 Å². The van der Waals surface area contributed by atoms with Crippen LogP contribution >= 0.6 is 0 Å². The van der Waals surface area contributed by atoms with E-state index in [0.29, 0.717) is 25.1 Å². The molecule has 1 N–H and O–H groups in total. The van der Waals surface area contributed by atoms with Crippen molar-refractivity contribution in [1.82, 2.24) is 9.88 Å². The highest BCUT2D eigenvalue weighted by molar-refractivity contribution is 5.80. The second-order valence-corrected chi connectivity index (χ2v) is 7.72. The van der Waals surface area contributed by atoms with E-state index in [9.17, 15) is 9.59 Å². The van der Waals surface area contributed by atoms with Crippen LogP contribution in [0.5, 0.6) is 0 Å². The molecule has 3 rings (SSSR count). The molecule has 0 spiro atoms. The van der Waals surface area contributed by atoms with Crippen LogP contribution in [0.4, 0.5) is 0 Å². The molecule has 1 aliphatic heterocycles. The van der Waals surface area contributed by atoms with Gasteiger partial charge in [0.25, 0.3) is 5.56 Å². The van der Waals surface area contributed by atoms with E-state index < -0.39 is 0 Å². The molecule has 2 aromatic rings. The highest BCUT2D eigenvalue weighted by Crippen LogP contribution is 2.18. The van der Waals surface area contributed by atoms with Gasteiger partial charge in [0.05, 0.1) is 12.6 Å². The maximum absolute atomic E-state index is 12.7. The van der Waals surface area contributed by atoms with Gasteiger partial charge in [0.1, 0.15) is 0 Å². The second kappa shape index (κ2) is 8.04. The molecule has 0 radical (unpaired) electrons. The largest absolute Gasteiger partial charge is 0.376 e. The van der Waals surface area contributed by atoms with Crippen molar-refractivity contribution in [3.63, 3.8) is 0 Å². The number of ether oxygens (including phenoxy) is 1. The summed E-state index contributed by atoms with van der Waals surface area (Å²) in [5, 5.41) is 0.985. The fraction of sp³-hybridized carbons (Fsp3) is 0.524. The Morgan fingerprint density at radius 2 is 2.15 bits per heavy atom. The number of benzene rings is 1. The number of pyridine rings is 1. The van der Waals surface area contributed by atoms with Crippen LogP contribution in [0.15, 0.2) is 29.1 Å². The fourth-order valence-electron chi connectivity index (χ4n) is 3.45. The molecule has 0 aliphatic carbocycles. The van der Waals surface area contributed by atoms with Gasteiger partial charge in [-0.2, -0.15) is 0 Å². The zero-order chi connectivity index (χ0) is 18.7. The van der Waals surface area contributed by atoms with E-state index in [4.69, 9.17) is 4.74 Å². The van der Waals surface area contributed by atoms with E-state index in [-0.39, 0.29) is 23.5 Å². The summed E-state index contributed by atoms with van der Waals surface area (Å²) in [6.45, 7) is 7.70. The molecule has 1 unspecified atom stereocenters. The van der Waals surface area contributed by atoms with Crippen molar-refractivity contribution in [2.45, 2.75) is 52.7 Å². The molecule has 5 nitrogen and oxygen atoms in total. The van der Waals surface area contributed by atoms with E-state index in [1.807, 2.05) is 45.0 Å². The van der Waals surface area contributed by atoms with Crippen LogP contribution in [0.1, 0.15) is 44.2 Å². The molecule has 1 fully saturated rings. The van der Waals surface area contributed by atoms with Gasteiger partial charge in [0, 0.05) is 30.7 Å². The Hall–Kier alpha value is -2.14. The van der Waals surface area contributed by atoms with Gasteiger partial charge in [-0.3, -0.25) is 9.59 Å². The lowest BCUT2D eigenvalue weighted by Gasteiger charge is -2.26. The molecule has 5 heteroatoms. The first-order chi connectivity index (χ1) is 12.4. The van der Waals surface area contributed by atoms with Crippen LogP contribution in [0.3, 0.4) is 0 Å². The summed E-state index contributed by atoms with van der Waals surface area (Å²) < 4.78 is 5.71. The van der Waals surface area contributed by atoms with Gasteiger partial charge in [-0.15, -0.1) is 0 Å². The van der Waals surface area contributed by atoms with Crippen LogP contribution in [-0.4, -0.2) is 35.0 Å². The molecule has 1 aromatic heterocycles. The van der Waals surface area contributed by atoms with Gasteiger partial charge in [-0.1, -0.05) is 26.0 Å². The van der Waals surface area contributed by atoms with E-state index in [1.165, 1.54) is 0 Å². The minimum absolute atomic E-state index is 0.0771. The highest BCUT2D eigenvalue weighted by Gasteiger charge is 2.24. The Bertz CT molecular complexity index is 835. The summed E-state index contributed by atoms with van der Waals surface area (Å²) in [7, 11) is 0. The summed E-state index contributed by atoms with van der Waals surface area (Å²) in [6.07, 6.45) is 2.57. The SMILES string of the molecule is Cc1ccc2cc(CN(CC3CCCO3)C(=O)CC(C)C)c(=O)[nH]c2c1. The summed E-state index contributed by atoms with van der Waals surface area (Å²) >= 11 is 0. The molecule has 0 bridgehead atoms. The summed E-state index contributed by atoms with van der Waals surface area (Å²) in [6, 6.07) is 7.90. The average molecular weight is 356 g/mol. The fourth-order valence-corrected chi connectivity index (χ4v) is 3.45. The standard InChI is InChI=1S/C21H28N2O3/c1-14(2)9-20(24)23(13-18-5-4-8-26-18)12-17-11-16-7-6-15(3)10-19(16)22-21(17)25/h6-7,10-11,14,18H,4-5,8-9,12-13H2,1-3H3,(H,22,25). The quantitative estimate of drug-likeness (QED) is 0.863. The number of H-pyrrole nitrogens is 1. The van der Waals surface area contributed by atoms with E-state index in [0.717, 1.165) is 35.9 Å². The molecule has 1 aliphatic rings. The lowest BCUT2D eigenvalue weighted by Crippen LogP contribution is -2.38. The number of nitrogens with zero attached hydrogens (tertiary/aromatic N) is 1. The number of amides is 1. The first-order valence-electron chi connectivity index (χ1n) is 9.44. The minimum atomic E-state index is -0.127. The van der Waals surface area contributed by atoms with Crippen molar-refractivity contribution < 1.29 is 9.53 Å². The lowest BCUT2D eigenvalue weighted by molar-refractivity contribution is -0.134. The molecule has 1 aromatic carbocycles. The topological polar surface area (TPSA) is 62.4 Å². The number of carbonyl (C=O) groups is 1. The number of nitrogens with one attached hydrogen (secondary N) is 1. The van der Waals surface area contributed by atoms with Crippen molar-refractivity contribution in [3.05, 3.63) is 45.7 Å². The average Bonchev–Trinajstić information content (AvgIpc) is 3.07. The van der Waals surface area contributed by atoms with Gasteiger partial charge in [-0.05, 0) is 48.8 Å². The summed E-state index contributed by atoms with van der Waals surface area (Å²) in [4.78, 5) is 30.0.